The Morgan fingerprint density at radius 2 is 1.92 bits per heavy atom. The molecule has 134 valence electrons. The molecule has 0 bridgehead atoms. The van der Waals surface area contributed by atoms with Gasteiger partial charge in [-0.1, -0.05) is 52.5 Å². The molecule has 2 amide bonds. The second-order valence-corrected chi connectivity index (χ2v) is 8.66. The molecule has 0 aliphatic rings. The van der Waals surface area contributed by atoms with E-state index in [0.717, 1.165) is 0 Å². The number of hydrogen-bond acceptors (Lipinski definition) is 7. The number of thioether (sulfide) groups is 2. The molecule has 0 atom stereocenters. The Morgan fingerprint density at radius 3 is 2.52 bits per heavy atom. The van der Waals surface area contributed by atoms with E-state index in [1.807, 2.05) is 0 Å². The molecule has 25 heavy (non-hydrogen) atoms. The van der Waals surface area contributed by atoms with Crippen LogP contribution in [0.4, 0.5) is 4.39 Å². The highest BCUT2D eigenvalue weighted by Crippen LogP contribution is 2.29. The Morgan fingerprint density at radius 1 is 1.28 bits per heavy atom. The van der Waals surface area contributed by atoms with Gasteiger partial charge in [0.2, 0.25) is 11.8 Å². The van der Waals surface area contributed by atoms with Gasteiger partial charge in [0.1, 0.15) is 5.82 Å². The van der Waals surface area contributed by atoms with Crippen LogP contribution in [0, 0.1) is 5.82 Å². The Bertz CT molecular complexity index is 754. The third-order valence-electron chi connectivity index (χ3n) is 2.93. The zero-order valence-electron chi connectivity index (χ0n) is 13.1. The van der Waals surface area contributed by atoms with Gasteiger partial charge in [-0.3, -0.25) is 9.59 Å². The average molecular weight is 421 g/mol. The number of carbonyl (C=O) groups excluding carboxylic acids is 2. The molecule has 2 rings (SSSR count). The first-order chi connectivity index (χ1) is 11.9. The van der Waals surface area contributed by atoms with Crippen LogP contribution in [-0.2, 0) is 16.1 Å². The lowest BCUT2D eigenvalue weighted by atomic mass is 10.2. The van der Waals surface area contributed by atoms with Crippen LogP contribution in [0.3, 0.4) is 0 Å². The van der Waals surface area contributed by atoms with E-state index < -0.39 is 11.7 Å². The molecule has 0 radical (unpaired) electrons. The van der Waals surface area contributed by atoms with Crippen molar-refractivity contribution in [3.63, 3.8) is 0 Å². The topological polar surface area (TPSA) is 89.2 Å². The highest BCUT2D eigenvalue weighted by Gasteiger charge is 2.16. The number of primary amides is 1. The minimum Gasteiger partial charge on any atom is -0.369 e. The summed E-state index contributed by atoms with van der Waals surface area (Å²) < 4.78 is 15.0. The number of hydrogen-bond donors (Lipinski definition) is 1. The van der Waals surface area contributed by atoms with E-state index in [0.29, 0.717) is 8.68 Å². The maximum Gasteiger partial charge on any atom is 0.233 e. The normalized spacial score (nSPS) is 10.7. The van der Waals surface area contributed by atoms with Crippen LogP contribution < -0.4 is 5.73 Å². The SMILES string of the molecule is CN(Cc1c(F)cccc1Cl)C(=O)CSc1nnc(SCC(N)=O)s1. The van der Waals surface area contributed by atoms with E-state index in [9.17, 15) is 14.0 Å². The van der Waals surface area contributed by atoms with Crippen molar-refractivity contribution in [3.05, 3.63) is 34.6 Å². The molecule has 2 N–H and O–H groups in total. The summed E-state index contributed by atoms with van der Waals surface area (Å²) in [5.41, 5.74) is 5.35. The number of halogens is 2. The van der Waals surface area contributed by atoms with Crippen molar-refractivity contribution < 1.29 is 14.0 Å². The maximum atomic E-state index is 13.8. The van der Waals surface area contributed by atoms with Crippen LogP contribution in [0.25, 0.3) is 0 Å². The quantitative estimate of drug-likeness (QED) is 0.660. The van der Waals surface area contributed by atoms with Gasteiger partial charge in [0.05, 0.1) is 11.5 Å². The Balaban J connectivity index is 1.86. The van der Waals surface area contributed by atoms with E-state index in [2.05, 4.69) is 10.2 Å². The number of benzene rings is 1. The number of amides is 2. The van der Waals surface area contributed by atoms with Crippen molar-refractivity contribution in [2.24, 2.45) is 5.73 Å². The first-order valence-corrected chi connectivity index (χ1v) is 10.1. The predicted molar refractivity (Wildman–Crippen MR) is 98.4 cm³/mol. The molecule has 0 spiro atoms. The summed E-state index contributed by atoms with van der Waals surface area (Å²) in [6.07, 6.45) is 0. The molecule has 2 aromatic rings. The molecule has 0 fully saturated rings. The van der Waals surface area contributed by atoms with Crippen LogP contribution in [0.15, 0.2) is 26.9 Å². The minimum absolute atomic E-state index is 0.0841. The fraction of sp³-hybridized carbons (Fsp3) is 0.286. The minimum atomic E-state index is -0.444. The number of nitrogens with two attached hydrogens (primary N) is 1. The van der Waals surface area contributed by atoms with E-state index in [4.69, 9.17) is 17.3 Å². The number of carbonyl (C=O) groups is 2. The first-order valence-electron chi connectivity index (χ1n) is 6.91. The summed E-state index contributed by atoms with van der Waals surface area (Å²) in [7, 11) is 1.58. The van der Waals surface area contributed by atoms with Gasteiger partial charge >= 0.3 is 0 Å². The lowest BCUT2D eigenvalue weighted by Gasteiger charge is -2.18. The van der Waals surface area contributed by atoms with Crippen LogP contribution >= 0.6 is 46.5 Å². The van der Waals surface area contributed by atoms with Gasteiger partial charge < -0.3 is 10.6 Å². The summed E-state index contributed by atoms with van der Waals surface area (Å²) >= 11 is 9.68. The van der Waals surface area contributed by atoms with E-state index in [1.54, 1.807) is 13.1 Å². The van der Waals surface area contributed by atoms with Gasteiger partial charge in [0.15, 0.2) is 8.68 Å². The largest absolute Gasteiger partial charge is 0.369 e. The standard InChI is InChI=1S/C14H14ClFN4O2S3/c1-20(5-8-9(15)3-2-4-10(8)16)12(22)7-24-14-19-18-13(25-14)23-6-11(17)21/h2-4H,5-7H2,1H3,(H2,17,21). The first kappa shape index (κ1) is 20.0. The molecule has 1 heterocycles. The fourth-order valence-electron chi connectivity index (χ4n) is 1.69. The van der Waals surface area contributed by atoms with Crippen LogP contribution in [-0.4, -0.2) is 45.5 Å². The van der Waals surface area contributed by atoms with E-state index >= 15 is 0 Å². The van der Waals surface area contributed by atoms with Crippen molar-refractivity contribution in [2.45, 2.75) is 15.2 Å². The van der Waals surface area contributed by atoms with Crippen molar-refractivity contribution in [3.8, 4) is 0 Å². The zero-order chi connectivity index (χ0) is 18.4. The van der Waals surface area contributed by atoms with Crippen molar-refractivity contribution in [1.29, 1.82) is 0 Å². The molecular weight excluding hydrogens is 407 g/mol. The molecule has 11 heteroatoms. The molecule has 0 saturated heterocycles. The van der Waals surface area contributed by atoms with Crippen molar-refractivity contribution in [1.82, 2.24) is 15.1 Å². The zero-order valence-corrected chi connectivity index (χ0v) is 16.3. The highest BCUT2D eigenvalue weighted by atomic mass is 35.5. The highest BCUT2D eigenvalue weighted by molar-refractivity contribution is 8.03. The molecule has 0 aliphatic carbocycles. The van der Waals surface area contributed by atoms with Crippen molar-refractivity contribution >= 4 is 58.3 Å². The third kappa shape index (κ3) is 6.14. The Labute approximate surface area is 161 Å². The van der Waals surface area contributed by atoms with Gasteiger partial charge in [0.25, 0.3) is 0 Å². The molecule has 1 aromatic carbocycles. The molecule has 1 aromatic heterocycles. The molecule has 6 nitrogen and oxygen atoms in total. The monoisotopic (exact) mass is 420 g/mol. The van der Waals surface area contributed by atoms with E-state index in [-0.39, 0.29) is 34.5 Å². The summed E-state index contributed by atoms with van der Waals surface area (Å²) in [5, 5.41) is 8.14. The number of nitrogens with zero attached hydrogens (tertiary/aromatic N) is 3. The molecule has 0 saturated carbocycles. The molecule has 0 aliphatic heterocycles. The molecule has 0 unspecified atom stereocenters. The summed E-state index contributed by atoms with van der Waals surface area (Å²) in [6, 6.07) is 4.41. The summed E-state index contributed by atoms with van der Waals surface area (Å²) in [6.45, 7) is 0.0841. The van der Waals surface area contributed by atoms with Crippen LogP contribution in [0.1, 0.15) is 5.56 Å². The summed E-state index contributed by atoms with van der Waals surface area (Å²) in [4.78, 5) is 24.3. The van der Waals surface area contributed by atoms with Crippen LogP contribution in [0.5, 0.6) is 0 Å². The lowest BCUT2D eigenvalue weighted by Crippen LogP contribution is -2.28. The predicted octanol–water partition coefficient (Wildman–Crippen LogP) is 2.66. The third-order valence-corrected chi connectivity index (χ3v) is 6.48. The molecular formula is C14H14ClFN4O2S3. The second-order valence-electron chi connectivity index (χ2n) is 4.83. The number of aromatic nitrogens is 2. The smallest absolute Gasteiger partial charge is 0.233 e. The van der Waals surface area contributed by atoms with Gasteiger partial charge in [-0.2, -0.15) is 0 Å². The van der Waals surface area contributed by atoms with Crippen molar-refractivity contribution in [2.75, 3.05) is 18.6 Å². The maximum absolute atomic E-state index is 13.8. The van der Waals surface area contributed by atoms with Gasteiger partial charge in [-0.25, -0.2) is 4.39 Å². The van der Waals surface area contributed by atoms with Gasteiger partial charge in [-0.05, 0) is 12.1 Å². The lowest BCUT2D eigenvalue weighted by molar-refractivity contribution is -0.127. The summed E-state index contributed by atoms with van der Waals surface area (Å²) in [5.74, 6) is -0.800. The Hall–Kier alpha value is -1.36. The fourth-order valence-corrected chi connectivity index (χ4v) is 4.61. The average Bonchev–Trinajstić information content (AvgIpc) is 3.02. The van der Waals surface area contributed by atoms with Gasteiger partial charge in [-0.15, -0.1) is 10.2 Å². The van der Waals surface area contributed by atoms with Gasteiger partial charge in [0, 0.05) is 24.2 Å². The second kappa shape index (κ2) is 9.37. The Kier molecular flexibility index (Phi) is 7.48. The number of rotatable bonds is 8. The van der Waals surface area contributed by atoms with Crippen LogP contribution in [0.2, 0.25) is 5.02 Å². The van der Waals surface area contributed by atoms with E-state index in [1.165, 1.54) is 51.9 Å².